The molecule has 0 amide bonds. The Labute approximate surface area is 196 Å². The highest BCUT2D eigenvalue weighted by atomic mass is 15.2. The second-order valence-electron chi connectivity index (χ2n) is 11.0. The van der Waals surface area contributed by atoms with Crippen LogP contribution < -0.4 is 0 Å². The molecule has 1 aromatic carbocycles. The van der Waals surface area contributed by atoms with E-state index in [1.807, 2.05) is 0 Å². The Morgan fingerprint density at radius 3 is 1.45 bits per heavy atom. The van der Waals surface area contributed by atoms with Crippen molar-refractivity contribution in [2.45, 2.75) is 149 Å². The maximum atomic E-state index is 2.87. The van der Waals surface area contributed by atoms with Crippen molar-refractivity contribution in [2.75, 3.05) is 6.54 Å². The normalized spacial score (nSPS) is 12.6. The smallest absolute Gasteiger partial charge is 0.0158 e. The van der Waals surface area contributed by atoms with Crippen LogP contribution in [0.25, 0.3) is 0 Å². The lowest BCUT2D eigenvalue weighted by Crippen LogP contribution is -2.56. The van der Waals surface area contributed by atoms with Crippen molar-refractivity contribution in [3.05, 3.63) is 35.9 Å². The summed E-state index contributed by atoms with van der Waals surface area (Å²) in [5.74, 6) is 0. The van der Waals surface area contributed by atoms with Crippen molar-refractivity contribution < 1.29 is 0 Å². The minimum Gasteiger partial charge on any atom is -0.293 e. The van der Waals surface area contributed by atoms with Crippen LogP contribution in [-0.4, -0.2) is 22.5 Å². The van der Waals surface area contributed by atoms with Crippen LogP contribution in [0.5, 0.6) is 0 Å². The molecule has 0 unspecified atom stereocenters. The quantitative estimate of drug-likeness (QED) is 0.198. The molecule has 0 aliphatic rings. The molecule has 0 bridgehead atoms. The molecular formula is C30H55N. The zero-order valence-corrected chi connectivity index (χ0v) is 22.1. The van der Waals surface area contributed by atoms with Gasteiger partial charge >= 0.3 is 0 Å². The van der Waals surface area contributed by atoms with Crippen LogP contribution in [0.2, 0.25) is 0 Å². The Bertz CT molecular complexity index is 503. The van der Waals surface area contributed by atoms with Crippen LogP contribution in [0.1, 0.15) is 137 Å². The van der Waals surface area contributed by atoms with Crippen molar-refractivity contribution in [3.8, 4) is 0 Å². The van der Waals surface area contributed by atoms with Crippen molar-refractivity contribution in [1.29, 1.82) is 0 Å². The molecule has 0 aliphatic heterocycles. The Hall–Kier alpha value is -0.820. The van der Waals surface area contributed by atoms with Gasteiger partial charge in [-0.1, -0.05) is 121 Å². The molecule has 1 aromatic rings. The molecule has 1 nitrogen and oxygen atoms in total. The molecule has 0 aromatic heterocycles. The van der Waals surface area contributed by atoms with Gasteiger partial charge in [0.05, 0.1) is 0 Å². The van der Waals surface area contributed by atoms with Crippen LogP contribution in [0.3, 0.4) is 0 Å². The van der Waals surface area contributed by atoms with Gasteiger partial charge in [0.15, 0.2) is 0 Å². The Balaban J connectivity index is 2.68. The Morgan fingerprint density at radius 1 is 0.581 bits per heavy atom. The molecular weight excluding hydrogens is 374 g/mol. The fourth-order valence-electron chi connectivity index (χ4n) is 5.26. The van der Waals surface area contributed by atoms with Crippen LogP contribution in [0.15, 0.2) is 30.3 Å². The minimum atomic E-state index is 0.255. The van der Waals surface area contributed by atoms with E-state index in [1.54, 1.807) is 0 Å². The molecule has 0 N–H and O–H groups in total. The molecule has 0 spiro atoms. The summed E-state index contributed by atoms with van der Waals surface area (Å²) in [5, 5.41) is 0. The third-order valence-electron chi connectivity index (χ3n) is 7.21. The molecule has 31 heavy (non-hydrogen) atoms. The molecule has 1 heteroatoms. The fraction of sp³-hybridized carbons (Fsp3) is 0.800. The summed E-state index contributed by atoms with van der Waals surface area (Å²) in [6.07, 6.45) is 20.4. The Morgan fingerprint density at radius 2 is 1.00 bits per heavy atom. The topological polar surface area (TPSA) is 3.24 Å². The van der Waals surface area contributed by atoms with Gasteiger partial charge in [0.1, 0.15) is 0 Å². The van der Waals surface area contributed by atoms with E-state index in [9.17, 15) is 0 Å². The average molecular weight is 430 g/mol. The third kappa shape index (κ3) is 12.1. The number of hydrogen-bond donors (Lipinski definition) is 0. The van der Waals surface area contributed by atoms with Gasteiger partial charge < -0.3 is 0 Å². The van der Waals surface area contributed by atoms with Gasteiger partial charge in [-0.25, -0.2) is 0 Å². The lowest BCUT2D eigenvalue weighted by molar-refractivity contribution is 0.00403. The van der Waals surface area contributed by atoms with E-state index in [1.165, 1.54) is 95.5 Å². The first-order valence-corrected chi connectivity index (χ1v) is 13.6. The first-order valence-electron chi connectivity index (χ1n) is 13.6. The average Bonchev–Trinajstić information content (AvgIpc) is 2.73. The van der Waals surface area contributed by atoms with E-state index < -0.39 is 0 Å². The number of nitrogens with zero attached hydrogens (tertiary/aromatic N) is 1. The molecule has 0 radical (unpaired) electrons. The second-order valence-corrected chi connectivity index (χ2v) is 11.0. The molecule has 0 saturated carbocycles. The number of hydrogen-bond acceptors (Lipinski definition) is 1. The molecule has 0 atom stereocenters. The summed E-state index contributed by atoms with van der Waals surface area (Å²) in [7, 11) is 0. The SMILES string of the molecule is CCCCCCCCC(C)(C)N(CCc1ccccc1)C(C)(C)CCCCCCCC. The zero-order chi connectivity index (χ0) is 23.0. The summed E-state index contributed by atoms with van der Waals surface area (Å²) in [6, 6.07) is 11.1. The van der Waals surface area contributed by atoms with Crippen molar-refractivity contribution >= 4 is 0 Å². The van der Waals surface area contributed by atoms with Gasteiger partial charge in [-0.3, -0.25) is 4.90 Å². The largest absolute Gasteiger partial charge is 0.293 e. The number of benzene rings is 1. The lowest BCUT2D eigenvalue weighted by Gasteiger charge is -2.49. The first-order chi connectivity index (χ1) is 14.8. The van der Waals surface area contributed by atoms with Gasteiger partial charge in [-0.05, 0) is 52.5 Å². The van der Waals surface area contributed by atoms with E-state index in [-0.39, 0.29) is 11.1 Å². The van der Waals surface area contributed by atoms with Gasteiger partial charge in [0, 0.05) is 17.6 Å². The van der Waals surface area contributed by atoms with Gasteiger partial charge in [-0.2, -0.15) is 0 Å². The third-order valence-corrected chi connectivity index (χ3v) is 7.21. The fourth-order valence-corrected chi connectivity index (χ4v) is 5.26. The summed E-state index contributed by atoms with van der Waals surface area (Å²) in [6.45, 7) is 15.8. The van der Waals surface area contributed by atoms with Crippen molar-refractivity contribution in [3.63, 3.8) is 0 Å². The summed E-state index contributed by atoms with van der Waals surface area (Å²) in [5.41, 5.74) is 1.98. The van der Waals surface area contributed by atoms with E-state index in [4.69, 9.17) is 0 Å². The van der Waals surface area contributed by atoms with E-state index in [2.05, 4.69) is 76.8 Å². The first kappa shape index (κ1) is 28.2. The number of unbranched alkanes of at least 4 members (excludes halogenated alkanes) is 10. The molecule has 0 aliphatic carbocycles. The van der Waals surface area contributed by atoms with E-state index >= 15 is 0 Å². The maximum Gasteiger partial charge on any atom is 0.0158 e. The van der Waals surface area contributed by atoms with Crippen LogP contribution >= 0.6 is 0 Å². The summed E-state index contributed by atoms with van der Waals surface area (Å²) in [4.78, 5) is 2.87. The summed E-state index contributed by atoms with van der Waals surface area (Å²) < 4.78 is 0. The van der Waals surface area contributed by atoms with Crippen molar-refractivity contribution in [2.24, 2.45) is 0 Å². The van der Waals surface area contributed by atoms with E-state index in [0.717, 1.165) is 13.0 Å². The van der Waals surface area contributed by atoms with Crippen LogP contribution in [0.4, 0.5) is 0 Å². The van der Waals surface area contributed by atoms with E-state index in [0.29, 0.717) is 0 Å². The maximum absolute atomic E-state index is 2.87. The highest BCUT2D eigenvalue weighted by Gasteiger charge is 2.36. The highest BCUT2D eigenvalue weighted by molar-refractivity contribution is 5.15. The van der Waals surface area contributed by atoms with Crippen LogP contribution in [0, 0.1) is 0 Å². The lowest BCUT2D eigenvalue weighted by atomic mass is 9.85. The predicted molar refractivity (Wildman–Crippen MR) is 141 cm³/mol. The van der Waals surface area contributed by atoms with Gasteiger partial charge in [0.25, 0.3) is 0 Å². The van der Waals surface area contributed by atoms with Crippen molar-refractivity contribution in [1.82, 2.24) is 4.90 Å². The number of rotatable bonds is 19. The molecule has 180 valence electrons. The second kappa shape index (κ2) is 15.9. The monoisotopic (exact) mass is 429 g/mol. The van der Waals surface area contributed by atoms with Gasteiger partial charge in [0.2, 0.25) is 0 Å². The zero-order valence-electron chi connectivity index (χ0n) is 22.1. The molecule has 0 saturated heterocycles. The molecule has 0 fully saturated rings. The molecule has 1 rings (SSSR count). The molecule has 0 heterocycles. The standard InChI is InChI=1S/C30H55N/c1-7-9-11-13-15-20-25-29(3,4)31(27-24-28-22-18-17-19-23-28)30(5,6)26-21-16-14-12-10-8-2/h17-19,22-23H,7-16,20-21,24-27H2,1-6H3. The predicted octanol–water partition coefficient (Wildman–Crippen LogP) is 9.59. The van der Waals surface area contributed by atoms with Crippen LogP contribution in [-0.2, 0) is 6.42 Å². The minimum absolute atomic E-state index is 0.255. The highest BCUT2D eigenvalue weighted by Crippen LogP contribution is 2.33. The Kier molecular flexibility index (Phi) is 14.5. The summed E-state index contributed by atoms with van der Waals surface area (Å²) >= 11 is 0. The van der Waals surface area contributed by atoms with Gasteiger partial charge in [-0.15, -0.1) is 0 Å².